The maximum Gasteiger partial charge on any atom is 0.0202 e. The Morgan fingerprint density at radius 2 is 2.18 bits per heavy atom. The van der Waals surface area contributed by atoms with Crippen LogP contribution in [0.15, 0.2) is 12.2 Å². The highest BCUT2D eigenvalue weighted by Gasteiger charge is 2.06. The second kappa shape index (κ2) is 5.33. The first-order valence-electron chi connectivity index (χ1n) is 4.18. The first-order valence-corrected chi connectivity index (χ1v) is 4.18. The number of nitrogens with two attached hydrogens (primary N) is 1. The monoisotopic (exact) mass is 156 g/mol. The molecule has 0 spiro atoms. The zero-order chi connectivity index (χ0) is 8.85. The summed E-state index contributed by atoms with van der Waals surface area (Å²) in [6.45, 7) is 9.78. The van der Waals surface area contributed by atoms with Crippen LogP contribution in [0.1, 0.15) is 20.3 Å². The molecule has 0 aromatic rings. The fraction of sp³-hybridized carbons (Fsp3) is 0.778. The molecule has 0 amide bonds. The van der Waals surface area contributed by atoms with E-state index in [4.69, 9.17) is 5.73 Å². The van der Waals surface area contributed by atoms with E-state index in [0.717, 1.165) is 12.1 Å². The maximum atomic E-state index is 5.44. The van der Waals surface area contributed by atoms with E-state index in [0.29, 0.717) is 12.6 Å². The van der Waals surface area contributed by atoms with Gasteiger partial charge in [0.05, 0.1) is 0 Å². The largest absolute Gasteiger partial charge is 0.327 e. The first-order chi connectivity index (χ1) is 5.11. The zero-order valence-corrected chi connectivity index (χ0v) is 7.93. The maximum absolute atomic E-state index is 5.44. The summed E-state index contributed by atoms with van der Waals surface area (Å²) in [5.74, 6) is 0. The minimum absolute atomic E-state index is 0.598. The van der Waals surface area contributed by atoms with Crippen molar-refractivity contribution < 1.29 is 0 Å². The Bertz CT molecular complexity index is 121. The van der Waals surface area contributed by atoms with Gasteiger partial charge >= 0.3 is 0 Å². The summed E-state index contributed by atoms with van der Waals surface area (Å²) < 4.78 is 0. The molecule has 0 saturated heterocycles. The van der Waals surface area contributed by atoms with Crippen LogP contribution in [-0.4, -0.2) is 31.1 Å². The SMILES string of the molecule is C=C(CN)CN(C)C(C)CC. The molecule has 1 unspecified atom stereocenters. The van der Waals surface area contributed by atoms with Crippen molar-refractivity contribution in [3.63, 3.8) is 0 Å². The predicted octanol–water partition coefficient (Wildman–Crippen LogP) is 1.23. The molecule has 0 fully saturated rings. The van der Waals surface area contributed by atoms with E-state index in [1.165, 1.54) is 6.42 Å². The van der Waals surface area contributed by atoms with Gasteiger partial charge in [-0.2, -0.15) is 0 Å². The van der Waals surface area contributed by atoms with Gasteiger partial charge in [0.15, 0.2) is 0 Å². The van der Waals surface area contributed by atoms with Crippen molar-refractivity contribution in [2.75, 3.05) is 20.1 Å². The smallest absolute Gasteiger partial charge is 0.0202 e. The number of likely N-dealkylation sites (N-methyl/N-ethyl adjacent to an activating group) is 1. The Kier molecular flexibility index (Phi) is 5.16. The van der Waals surface area contributed by atoms with Gasteiger partial charge in [-0.1, -0.05) is 13.5 Å². The Morgan fingerprint density at radius 1 is 1.64 bits per heavy atom. The van der Waals surface area contributed by atoms with E-state index in [2.05, 4.69) is 32.4 Å². The minimum Gasteiger partial charge on any atom is -0.327 e. The van der Waals surface area contributed by atoms with Gasteiger partial charge in [0.1, 0.15) is 0 Å². The van der Waals surface area contributed by atoms with Gasteiger partial charge in [0.2, 0.25) is 0 Å². The molecule has 0 aromatic heterocycles. The lowest BCUT2D eigenvalue weighted by Gasteiger charge is -2.23. The van der Waals surface area contributed by atoms with Gasteiger partial charge in [0.25, 0.3) is 0 Å². The van der Waals surface area contributed by atoms with Gasteiger partial charge in [-0.05, 0) is 26.0 Å². The summed E-state index contributed by atoms with van der Waals surface area (Å²) in [7, 11) is 2.11. The molecule has 0 bridgehead atoms. The van der Waals surface area contributed by atoms with Crippen molar-refractivity contribution in [1.82, 2.24) is 4.90 Å². The molecule has 0 saturated carbocycles. The molecule has 0 radical (unpaired) electrons. The van der Waals surface area contributed by atoms with Crippen LogP contribution in [0.3, 0.4) is 0 Å². The van der Waals surface area contributed by atoms with Crippen molar-refractivity contribution in [3.05, 3.63) is 12.2 Å². The molecule has 0 aliphatic carbocycles. The van der Waals surface area contributed by atoms with Gasteiger partial charge in [-0.15, -0.1) is 0 Å². The average Bonchev–Trinajstić information content (AvgIpc) is 2.02. The van der Waals surface area contributed by atoms with E-state index in [-0.39, 0.29) is 0 Å². The fourth-order valence-corrected chi connectivity index (χ4v) is 0.885. The third-order valence-electron chi connectivity index (χ3n) is 2.10. The lowest BCUT2D eigenvalue weighted by atomic mass is 10.2. The van der Waals surface area contributed by atoms with E-state index in [1.807, 2.05) is 0 Å². The van der Waals surface area contributed by atoms with Crippen LogP contribution in [0, 0.1) is 0 Å². The lowest BCUT2D eigenvalue weighted by molar-refractivity contribution is 0.271. The summed E-state index contributed by atoms with van der Waals surface area (Å²) >= 11 is 0. The summed E-state index contributed by atoms with van der Waals surface area (Å²) in [4.78, 5) is 2.27. The topological polar surface area (TPSA) is 29.3 Å². The molecule has 2 N–H and O–H groups in total. The molecule has 0 rings (SSSR count). The van der Waals surface area contributed by atoms with Crippen molar-refractivity contribution in [2.24, 2.45) is 5.73 Å². The van der Waals surface area contributed by atoms with E-state index < -0.39 is 0 Å². The van der Waals surface area contributed by atoms with Crippen LogP contribution in [0.5, 0.6) is 0 Å². The van der Waals surface area contributed by atoms with Crippen molar-refractivity contribution >= 4 is 0 Å². The van der Waals surface area contributed by atoms with Crippen molar-refractivity contribution in [3.8, 4) is 0 Å². The minimum atomic E-state index is 0.598. The molecule has 11 heavy (non-hydrogen) atoms. The standard InChI is InChI=1S/C9H20N2/c1-5-9(3)11(4)7-8(2)6-10/h9H,2,5-7,10H2,1,3-4H3. The first kappa shape index (κ1) is 10.7. The predicted molar refractivity (Wildman–Crippen MR) is 50.6 cm³/mol. The summed E-state index contributed by atoms with van der Waals surface area (Å²) in [6.07, 6.45) is 1.17. The molecule has 0 aliphatic heterocycles. The second-order valence-electron chi connectivity index (χ2n) is 3.13. The number of hydrogen-bond donors (Lipinski definition) is 1. The van der Waals surface area contributed by atoms with E-state index >= 15 is 0 Å². The van der Waals surface area contributed by atoms with Crippen LogP contribution in [0.2, 0.25) is 0 Å². The molecule has 1 atom stereocenters. The second-order valence-corrected chi connectivity index (χ2v) is 3.13. The van der Waals surface area contributed by atoms with E-state index in [1.54, 1.807) is 0 Å². The summed E-state index contributed by atoms with van der Waals surface area (Å²) in [5.41, 5.74) is 6.54. The number of hydrogen-bond acceptors (Lipinski definition) is 2. The van der Waals surface area contributed by atoms with Crippen LogP contribution < -0.4 is 5.73 Å². The molecule has 66 valence electrons. The van der Waals surface area contributed by atoms with Crippen LogP contribution >= 0.6 is 0 Å². The highest BCUT2D eigenvalue weighted by molar-refractivity contribution is 4.98. The van der Waals surface area contributed by atoms with Crippen molar-refractivity contribution in [1.29, 1.82) is 0 Å². The van der Waals surface area contributed by atoms with Gasteiger partial charge in [0, 0.05) is 19.1 Å². The highest BCUT2D eigenvalue weighted by atomic mass is 15.1. The Morgan fingerprint density at radius 3 is 2.55 bits per heavy atom. The van der Waals surface area contributed by atoms with Crippen molar-refractivity contribution in [2.45, 2.75) is 26.3 Å². The van der Waals surface area contributed by atoms with Crippen LogP contribution in [-0.2, 0) is 0 Å². The average molecular weight is 156 g/mol. The molecule has 2 heteroatoms. The summed E-state index contributed by atoms with van der Waals surface area (Å²) in [5, 5.41) is 0. The van der Waals surface area contributed by atoms with Crippen LogP contribution in [0.25, 0.3) is 0 Å². The van der Waals surface area contributed by atoms with Crippen LogP contribution in [0.4, 0.5) is 0 Å². The van der Waals surface area contributed by atoms with Gasteiger partial charge in [-0.25, -0.2) is 0 Å². The number of nitrogens with zero attached hydrogens (tertiary/aromatic N) is 1. The quantitative estimate of drug-likeness (QED) is 0.607. The third-order valence-corrected chi connectivity index (χ3v) is 2.10. The Balaban J connectivity index is 3.67. The molecule has 0 heterocycles. The molecule has 0 aromatic carbocycles. The van der Waals surface area contributed by atoms with Gasteiger partial charge in [-0.3, -0.25) is 4.90 Å². The van der Waals surface area contributed by atoms with E-state index in [9.17, 15) is 0 Å². The molecule has 2 nitrogen and oxygen atoms in total. The molecular weight excluding hydrogens is 136 g/mol. The molecular formula is C9H20N2. The Hall–Kier alpha value is -0.340. The third kappa shape index (κ3) is 4.17. The molecule has 0 aliphatic rings. The normalized spacial score (nSPS) is 13.5. The highest BCUT2D eigenvalue weighted by Crippen LogP contribution is 2.01. The zero-order valence-electron chi connectivity index (χ0n) is 7.93. The lowest BCUT2D eigenvalue weighted by Crippen LogP contribution is -2.31. The van der Waals surface area contributed by atoms with Gasteiger partial charge < -0.3 is 5.73 Å². The summed E-state index contributed by atoms with van der Waals surface area (Å²) in [6, 6.07) is 0.623. The Labute approximate surface area is 70.1 Å². The number of rotatable bonds is 5. The fourth-order valence-electron chi connectivity index (χ4n) is 0.885.